The molecule has 1 aliphatic rings. The molecule has 0 bridgehead atoms. The summed E-state index contributed by atoms with van der Waals surface area (Å²) in [6.07, 6.45) is 4.60. The van der Waals surface area contributed by atoms with Gasteiger partial charge in [-0.05, 0) is 18.1 Å². The van der Waals surface area contributed by atoms with Gasteiger partial charge in [-0.25, -0.2) is 0 Å². The third-order valence-electron chi connectivity index (χ3n) is 3.17. The molecule has 1 aromatic rings. The SMILES string of the molecule is CC(C)SCc1noc(C2CCCCC2N)n1. The summed E-state index contributed by atoms with van der Waals surface area (Å²) in [6, 6.07) is 0.190. The number of thioether (sulfide) groups is 1. The third-order valence-corrected chi connectivity index (χ3v) is 4.26. The smallest absolute Gasteiger partial charge is 0.231 e. The minimum Gasteiger partial charge on any atom is -0.339 e. The molecule has 4 nitrogen and oxygen atoms in total. The molecule has 17 heavy (non-hydrogen) atoms. The van der Waals surface area contributed by atoms with Gasteiger partial charge in [0.15, 0.2) is 5.82 Å². The number of rotatable bonds is 4. The Balaban J connectivity index is 1.97. The Hall–Kier alpha value is -0.550. The van der Waals surface area contributed by atoms with Crippen molar-refractivity contribution in [1.29, 1.82) is 0 Å². The molecule has 1 saturated carbocycles. The van der Waals surface area contributed by atoms with Crippen LogP contribution in [0.3, 0.4) is 0 Å². The van der Waals surface area contributed by atoms with Crippen LogP contribution in [0.1, 0.15) is 57.2 Å². The van der Waals surface area contributed by atoms with E-state index in [0.29, 0.717) is 5.25 Å². The van der Waals surface area contributed by atoms with Crippen molar-refractivity contribution in [3.05, 3.63) is 11.7 Å². The van der Waals surface area contributed by atoms with Crippen LogP contribution in [-0.4, -0.2) is 21.4 Å². The van der Waals surface area contributed by atoms with Crippen LogP contribution in [0.15, 0.2) is 4.52 Å². The highest BCUT2D eigenvalue weighted by atomic mass is 32.2. The number of hydrogen-bond acceptors (Lipinski definition) is 5. The van der Waals surface area contributed by atoms with Gasteiger partial charge in [-0.15, -0.1) is 0 Å². The molecule has 2 N–H and O–H groups in total. The van der Waals surface area contributed by atoms with Gasteiger partial charge in [0.25, 0.3) is 0 Å². The molecular weight excluding hydrogens is 234 g/mol. The third kappa shape index (κ3) is 3.45. The molecule has 0 spiro atoms. The molecule has 2 rings (SSSR count). The zero-order valence-electron chi connectivity index (χ0n) is 10.6. The molecule has 1 aliphatic carbocycles. The summed E-state index contributed by atoms with van der Waals surface area (Å²) in [6.45, 7) is 4.34. The lowest BCUT2D eigenvalue weighted by Crippen LogP contribution is -2.31. The standard InChI is InChI=1S/C12H21N3OS/c1-8(2)17-7-11-14-12(16-15-11)9-5-3-4-6-10(9)13/h8-10H,3-7,13H2,1-2H3. The van der Waals surface area contributed by atoms with Crippen LogP contribution in [0.2, 0.25) is 0 Å². The van der Waals surface area contributed by atoms with E-state index >= 15 is 0 Å². The molecule has 0 aliphatic heterocycles. The minimum atomic E-state index is 0.190. The molecule has 0 amide bonds. The zero-order valence-corrected chi connectivity index (χ0v) is 11.4. The predicted molar refractivity (Wildman–Crippen MR) is 69.9 cm³/mol. The molecule has 5 heteroatoms. The molecule has 2 unspecified atom stereocenters. The molecule has 2 atom stereocenters. The molecular formula is C12H21N3OS. The average molecular weight is 255 g/mol. The summed E-state index contributed by atoms with van der Waals surface area (Å²) in [4.78, 5) is 4.48. The molecule has 0 radical (unpaired) electrons. The van der Waals surface area contributed by atoms with E-state index < -0.39 is 0 Å². The largest absolute Gasteiger partial charge is 0.339 e. The summed E-state index contributed by atoms with van der Waals surface area (Å²) in [7, 11) is 0. The Morgan fingerprint density at radius 1 is 1.41 bits per heavy atom. The number of aromatic nitrogens is 2. The van der Waals surface area contributed by atoms with Crippen LogP contribution in [0.4, 0.5) is 0 Å². The van der Waals surface area contributed by atoms with Crippen LogP contribution < -0.4 is 5.73 Å². The first kappa shape index (κ1) is 12.9. The molecule has 1 aromatic heterocycles. The van der Waals surface area contributed by atoms with Crippen LogP contribution >= 0.6 is 11.8 Å². The van der Waals surface area contributed by atoms with E-state index in [-0.39, 0.29) is 12.0 Å². The van der Waals surface area contributed by atoms with Gasteiger partial charge in [0.2, 0.25) is 5.89 Å². The number of nitrogens with zero attached hydrogens (tertiary/aromatic N) is 2. The summed E-state index contributed by atoms with van der Waals surface area (Å²) in [5.41, 5.74) is 6.11. The maximum atomic E-state index is 6.11. The Kier molecular flexibility index (Phi) is 4.45. The lowest BCUT2D eigenvalue weighted by Gasteiger charge is -2.25. The summed E-state index contributed by atoms with van der Waals surface area (Å²) in [5, 5.41) is 4.63. The molecule has 96 valence electrons. The van der Waals surface area contributed by atoms with Gasteiger partial charge in [-0.2, -0.15) is 16.7 Å². The van der Waals surface area contributed by atoms with Gasteiger partial charge in [-0.3, -0.25) is 0 Å². The lowest BCUT2D eigenvalue weighted by atomic mass is 9.85. The quantitative estimate of drug-likeness (QED) is 0.896. The molecule has 1 heterocycles. The Morgan fingerprint density at radius 3 is 2.88 bits per heavy atom. The first-order valence-electron chi connectivity index (χ1n) is 6.36. The Morgan fingerprint density at radius 2 is 2.18 bits per heavy atom. The van der Waals surface area contributed by atoms with E-state index in [9.17, 15) is 0 Å². The maximum absolute atomic E-state index is 6.11. The van der Waals surface area contributed by atoms with Crippen molar-refractivity contribution in [2.24, 2.45) is 5.73 Å². The van der Waals surface area contributed by atoms with Gasteiger partial charge in [0, 0.05) is 6.04 Å². The second-order valence-corrected chi connectivity index (χ2v) is 6.53. The first-order valence-corrected chi connectivity index (χ1v) is 7.41. The second-order valence-electron chi connectivity index (χ2n) is 4.96. The fourth-order valence-electron chi connectivity index (χ4n) is 2.18. The van der Waals surface area contributed by atoms with Gasteiger partial charge >= 0.3 is 0 Å². The van der Waals surface area contributed by atoms with E-state index in [1.54, 1.807) is 0 Å². The van der Waals surface area contributed by atoms with E-state index in [0.717, 1.165) is 30.3 Å². The highest BCUT2D eigenvalue weighted by Gasteiger charge is 2.28. The van der Waals surface area contributed by atoms with Crippen LogP contribution in [0, 0.1) is 0 Å². The van der Waals surface area contributed by atoms with Gasteiger partial charge in [-0.1, -0.05) is 31.8 Å². The summed E-state index contributed by atoms with van der Waals surface area (Å²) < 4.78 is 5.35. The zero-order chi connectivity index (χ0) is 12.3. The highest BCUT2D eigenvalue weighted by molar-refractivity contribution is 7.99. The van der Waals surface area contributed by atoms with Crippen molar-refractivity contribution in [1.82, 2.24) is 10.1 Å². The molecule has 0 aromatic carbocycles. The van der Waals surface area contributed by atoms with E-state index in [1.165, 1.54) is 12.8 Å². The minimum absolute atomic E-state index is 0.190. The van der Waals surface area contributed by atoms with Crippen LogP contribution in [-0.2, 0) is 5.75 Å². The Labute approximate surface area is 107 Å². The van der Waals surface area contributed by atoms with Crippen molar-refractivity contribution in [3.63, 3.8) is 0 Å². The van der Waals surface area contributed by atoms with Crippen molar-refractivity contribution < 1.29 is 4.52 Å². The fraction of sp³-hybridized carbons (Fsp3) is 0.833. The average Bonchev–Trinajstić information content (AvgIpc) is 2.75. The van der Waals surface area contributed by atoms with Crippen LogP contribution in [0.25, 0.3) is 0 Å². The second kappa shape index (κ2) is 5.87. The van der Waals surface area contributed by atoms with E-state index in [2.05, 4.69) is 24.0 Å². The summed E-state index contributed by atoms with van der Waals surface area (Å²) >= 11 is 1.83. The van der Waals surface area contributed by atoms with Crippen molar-refractivity contribution in [3.8, 4) is 0 Å². The lowest BCUT2D eigenvalue weighted by molar-refractivity contribution is 0.289. The van der Waals surface area contributed by atoms with Gasteiger partial charge < -0.3 is 10.3 Å². The highest BCUT2D eigenvalue weighted by Crippen LogP contribution is 2.31. The monoisotopic (exact) mass is 255 g/mol. The van der Waals surface area contributed by atoms with Crippen molar-refractivity contribution in [2.75, 3.05) is 0 Å². The summed E-state index contributed by atoms with van der Waals surface area (Å²) in [5.74, 6) is 2.64. The van der Waals surface area contributed by atoms with Crippen molar-refractivity contribution in [2.45, 2.75) is 62.5 Å². The maximum Gasteiger partial charge on any atom is 0.231 e. The fourth-order valence-corrected chi connectivity index (χ4v) is 2.78. The van der Waals surface area contributed by atoms with Gasteiger partial charge in [0.1, 0.15) is 0 Å². The predicted octanol–water partition coefficient (Wildman–Crippen LogP) is 2.70. The van der Waals surface area contributed by atoms with Crippen molar-refractivity contribution >= 4 is 11.8 Å². The Bertz CT molecular complexity index is 353. The van der Waals surface area contributed by atoms with Crippen LogP contribution in [0.5, 0.6) is 0 Å². The normalized spacial score (nSPS) is 25.4. The van der Waals surface area contributed by atoms with E-state index in [4.69, 9.17) is 10.3 Å². The number of hydrogen-bond donors (Lipinski definition) is 1. The first-order chi connectivity index (χ1) is 8.16. The van der Waals surface area contributed by atoms with E-state index in [1.807, 2.05) is 11.8 Å². The topological polar surface area (TPSA) is 64.9 Å². The number of nitrogens with two attached hydrogens (primary N) is 1. The van der Waals surface area contributed by atoms with Gasteiger partial charge in [0.05, 0.1) is 11.7 Å². The molecule has 1 fully saturated rings. The molecule has 0 saturated heterocycles.